The molecule has 8 nitrogen and oxygen atoms in total. The Morgan fingerprint density at radius 2 is 1.42 bits per heavy atom. The van der Waals surface area contributed by atoms with Crippen LogP contribution in [0.15, 0.2) is 63.7 Å². The zero-order chi connectivity index (χ0) is 24.7. The average molecular weight is 477 g/mol. The van der Waals surface area contributed by atoms with Crippen LogP contribution in [0.2, 0.25) is 0 Å². The zero-order valence-corrected chi connectivity index (χ0v) is 21.2. The number of rotatable bonds is 12. The lowest BCUT2D eigenvalue weighted by Crippen LogP contribution is -2.34. The summed E-state index contributed by atoms with van der Waals surface area (Å²) in [7, 11) is 0.290. The molecule has 0 aliphatic carbocycles. The van der Waals surface area contributed by atoms with E-state index >= 15 is 0 Å². The van der Waals surface area contributed by atoms with Crippen molar-refractivity contribution in [3.05, 3.63) is 48.5 Å². The normalized spacial score (nSPS) is 12.9. The molecule has 0 atom stereocenters. The number of hydrogen-bond donors (Lipinski definition) is 2. The van der Waals surface area contributed by atoms with Crippen molar-refractivity contribution in [3.63, 3.8) is 0 Å². The fourth-order valence-corrected chi connectivity index (χ4v) is 3.88. The minimum atomic E-state index is -3.65. The number of sulfonamides is 1. The van der Waals surface area contributed by atoms with Gasteiger partial charge in [-0.3, -0.25) is 0 Å². The van der Waals surface area contributed by atoms with Crippen molar-refractivity contribution in [3.8, 4) is 0 Å². The topological polar surface area (TPSA) is 104 Å². The molecule has 0 bridgehead atoms. The molecule has 0 amide bonds. The standard InChI is InChI=1S/C24H36N4O4S/c1-23(2,29)16-18-32-24(3,4)15-17-25-33(30,31)22-13-9-20(10-14-22)27-26-19-7-11-21(12-8-19)28(5)6/h7-14,25,29H,15-18H2,1-6H3. The minimum absolute atomic E-state index is 0.164. The van der Waals surface area contributed by atoms with Crippen LogP contribution in [0.1, 0.15) is 40.5 Å². The van der Waals surface area contributed by atoms with Crippen molar-refractivity contribution in [2.75, 3.05) is 32.1 Å². The number of nitrogens with one attached hydrogen (secondary N) is 1. The summed E-state index contributed by atoms with van der Waals surface area (Å²) in [4.78, 5) is 2.16. The van der Waals surface area contributed by atoms with Crippen LogP contribution in [0.4, 0.5) is 17.1 Å². The Morgan fingerprint density at radius 3 is 1.91 bits per heavy atom. The number of hydrogen-bond acceptors (Lipinski definition) is 7. The summed E-state index contributed by atoms with van der Waals surface area (Å²) in [6.45, 7) is 7.90. The first-order valence-electron chi connectivity index (χ1n) is 10.9. The molecule has 0 heterocycles. The van der Waals surface area contributed by atoms with Crippen LogP contribution in [0.25, 0.3) is 0 Å². The Bertz CT molecular complexity index is 1010. The highest BCUT2D eigenvalue weighted by molar-refractivity contribution is 7.89. The molecule has 0 aliphatic rings. The number of anilines is 1. The Labute approximate surface area is 197 Å². The van der Waals surface area contributed by atoms with E-state index in [0.29, 0.717) is 30.8 Å². The van der Waals surface area contributed by atoms with Gasteiger partial charge in [0.15, 0.2) is 0 Å². The van der Waals surface area contributed by atoms with E-state index in [2.05, 4.69) is 15.0 Å². The van der Waals surface area contributed by atoms with Gasteiger partial charge in [0.25, 0.3) is 0 Å². The second kappa shape index (κ2) is 11.2. The molecule has 182 valence electrons. The molecule has 2 N–H and O–H groups in total. The SMILES string of the molecule is CN(C)c1ccc(N=Nc2ccc(S(=O)(=O)NCCC(C)(C)OCCC(C)(C)O)cc2)cc1. The summed E-state index contributed by atoms with van der Waals surface area (Å²) < 4.78 is 33.6. The summed E-state index contributed by atoms with van der Waals surface area (Å²) in [6, 6.07) is 13.9. The Kier molecular flexibility index (Phi) is 9.13. The molecule has 0 spiro atoms. The molecule has 2 aromatic rings. The fraction of sp³-hybridized carbons (Fsp3) is 0.500. The first-order valence-corrected chi connectivity index (χ1v) is 12.4. The van der Waals surface area contributed by atoms with E-state index in [1.54, 1.807) is 26.0 Å². The third-order valence-electron chi connectivity index (χ3n) is 5.02. The lowest BCUT2D eigenvalue weighted by molar-refractivity contribution is -0.0489. The van der Waals surface area contributed by atoms with Crippen molar-refractivity contribution >= 4 is 27.1 Å². The lowest BCUT2D eigenvalue weighted by Gasteiger charge is -2.27. The second-order valence-electron chi connectivity index (χ2n) is 9.42. The molecular formula is C24H36N4O4S. The van der Waals surface area contributed by atoms with Gasteiger partial charge in [-0.2, -0.15) is 10.2 Å². The Balaban J connectivity index is 1.89. The quantitative estimate of drug-likeness (QED) is 0.429. The van der Waals surface area contributed by atoms with Gasteiger partial charge < -0.3 is 14.7 Å². The van der Waals surface area contributed by atoms with E-state index in [4.69, 9.17) is 4.74 Å². The maximum atomic E-state index is 12.6. The van der Waals surface area contributed by atoms with E-state index in [1.807, 2.05) is 57.1 Å². The molecule has 0 fully saturated rings. The molecule has 2 rings (SSSR count). The number of azo groups is 1. The summed E-state index contributed by atoms with van der Waals surface area (Å²) in [5.74, 6) is 0. The maximum absolute atomic E-state index is 12.6. The third kappa shape index (κ3) is 9.59. The highest BCUT2D eigenvalue weighted by atomic mass is 32.2. The van der Waals surface area contributed by atoms with Crippen LogP contribution in [0.3, 0.4) is 0 Å². The minimum Gasteiger partial charge on any atom is -0.390 e. The average Bonchev–Trinajstić information content (AvgIpc) is 2.71. The van der Waals surface area contributed by atoms with Crippen molar-refractivity contribution in [1.82, 2.24) is 4.72 Å². The molecule has 9 heteroatoms. The van der Waals surface area contributed by atoms with Gasteiger partial charge in [0.05, 0.1) is 34.1 Å². The van der Waals surface area contributed by atoms with Gasteiger partial charge >= 0.3 is 0 Å². The molecule has 2 aromatic carbocycles. The molecule has 0 unspecified atom stereocenters. The summed E-state index contributed by atoms with van der Waals surface area (Å²) in [5.41, 5.74) is 1.04. The first-order chi connectivity index (χ1) is 15.3. The zero-order valence-electron chi connectivity index (χ0n) is 20.4. The Morgan fingerprint density at radius 1 is 0.909 bits per heavy atom. The van der Waals surface area contributed by atoms with Gasteiger partial charge in [-0.25, -0.2) is 13.1 Å². The van der Waals surface area contributed by atoms with Gasteiger partial charge in [-0.1, -0.05) is 0 Å². The predicted molar refractivity (Wildman–Crippen MR) is 132 cm³/mol. The van der Waals surface area contributed by atoms with Crippen molar-refractivity contribution in [1.29, 1.82) is 0 Å². The highest BCUT2D eigenvalue weighted by Gasteiger charge is 2.22. The van der Waals surface area contributed by atoms with Crippen LogP contribution in [0.5, 0.6) is 0 Å². The maximum Gasteiger partial charge on any atom is 0.240 e. The Hall–Kier alpha value is -2.33. The summed E-state index contributed by atoms with van der Waals surface area (Å²) in [6.07, 6.45) is 1.00. The molecule has 0 saturated heterocycles. The van der Waals surface area contributed by atoms with Crippen molar-refractivity contribution in [2.45, 2.75) is 56.6 Å². The molecular weight excluding hydrogens is 440 g/mol. The molecule has 0 radical (unpaired) electrons. The van der Waals surface area contributed by atoms with E-state index in [-0.39, 0.29) is 11.4 Å². The molecule has 0 aromatic heterocycles. The first kappa shape index (κ1) is 26.9. The van der Waals surface area contributed by atoms with E-state index in [9.17, 15) is 13.5 Å². The van der Waals surface area contributed by atoms with Gasteiger partial charge in [-0.05, 0) is 89.1 Å². The van der Waals surface area contributed by atoms with Crippen molar-refractivity contribution < 1.29 is 18.3 Å². The largest absolute Gasteiger partial charge is 0.390 e. The highest BCUT2D eigenvalue weighted by Crippen LogP contribution is 2.23. The van der Waals surface area contributed by atoms with Crippen LogP contribution < -0.4 is 9.62 Å². The second-order valence-corrected chi connectivity index (χ2v) is 11.2. The molecule has 0 aliphatic heterocycles. The van der Waals surface area contributed by atoms with Gasteiger partial charge in [0, 0.05) is 26.3 Å². The van der Waals surface area contributed by atoms with Gasteiger partial charge in [0.1, 0.15) is 0 Å². The smallest absolute Gasteiger partial charge is 0.240 e. The summed E-state index contributed by atoms with van der Waals surface area (Å²) >= 11 is 0. The van der Waals surface area contributed by atoms with Crippen LogP contribution in [-0.2, 0) is 14.8 Å². The number of benzene rings is 2. The third-order valence-corrected chi connectivity index (χ3v) is 6.50. The van der Waals surface area contributed by atoms with Crippen molar-refractivity contribution in [2.24, 2.45) is 10.2 Å². The van der Waals surface area contributed by atoms with Gasteiger partial charge in [0.2, 0.25) is 10.0 Å². The van der Waals surface area contributed by atoms with Crippen LogP contribution in [-0.4, -0.2) is 52.0 Å². The predicted octanol–water partition coefficient (Wildman–Crippen LogP) is 4.79. The molecule has 0 saturated carbocycles. The monoisotopic (exact) mass is 476 g/mol. The molecule has 33 heavy (non-hydrogen) atoms. The fourth-order valence-electron chi connectivity index (χ4n) is 2.84. The van der Waals surface area contributed by atoms with E-state index in [0.717, 1.165) is 5.69 Å². The number of ether oxygens (including phenoxy) is 1. The van der Waals surface area contributed by atoms with Crippen LogP contribution in [0, 0.1) is 0 Å². The van der Waals surface area contributed by atoms with E-state index < -0.39 is 21.2 Å². The lowest BCUT2D eigenvalue weighted by atomic mass is 10.0. The summed E-state index contributed by atoms with van der Waals surface area (Å²) in [5, 5.41) is 18.1. The number of aliphatic hydroxyl groups is 1. The van der Waals surface area contributed by atoms with Gasteiger partial charge in [-0.15, -0.1) is 0 Å². The number of nitrogens with zero attached hydrogens (tertiary/aromatic N) is 3. The van der Waals surface area contributed by atoms with Crippen LogP contribution >= 0.6 is 0 Å². The van der Waals surface area contributed by atoms with E-state index in [1.165, 1.54) is 12.1 Å².